The molecule has 0 amide bonds. The molecule has 0 unspecified atom stereocenters. The lowest BCUT2D eigenvalue weighted by Crippen LogP contribution is -2.47. The number of hydrogen-bond acceptors (Lipinski definition) is 6. The van der Waals surface area contributed by atoms with Gasteiger partial charge in [0.2, 0.25) is 0 Å². The van der Waals surface area contributed by atoms with Gasteiger partial charge in [0.1, 0.15) is 12.1 Å². The standard InChI is InChI=1S/C18H18F3N7/c19-18(20,21)12-1-4-14(22-9-12)26-5-7-27(8-6-26)16-15-17(24-10-23-16)28(11-25-15)13-2-3-13/h1,4,9-11,13H,2-3,5-8H2. The maximum atomic E-state index is 12.7. The molecule has 2 aliphatic rings. The van der Waals surface area contributed by atoms with Crippen molar-refractivity contribution in [2.45, 2.75) is 25.1 Å². The van der Waals surface area contributed by atoms with Gasteiger partial charge in [-0.2, -0.15) is 13.2 Å². The van der Waals surface area contributed by atoms with Crippen LogP contribution in [0, 0.1) is 0 Å². The molecule has 3 aromatic rings. The second-order valence-electron chi connectivity index (χ2n) is 7.13. The third kappa shape index (κ3) is 3.02. The Labute approximate surface area is 158 Å². The van der Waals surface area contributed by atoms with E-state index in [1.165, 1.54) is 6.07 Å². The topological polar surface area (TPSA) is 63.0 Å². The Morgan fingerprint density at radius 1 is 0.893 bits per heavy atom. The lowest BCUT2D eigenvalue weighted by Gasteiger charge is -2.36. The SMILES string of the molecule is FC(F)(F)c1ccc(N2CCN(c3ncnc4c3ncn4C3CC3)CC2)nc1. The van der Waals surface area contributed by atoms with E-state index in [9.17, 15) is 13.2 Å². The maximum Gasteiger partial charge on any atom is 0.417 e. The first kappa shape index (κ1) is 17.2. The van der Waals surface area contributed by atoms with Gasteiger partial charge in [-0.15, -0.1) is 0 Å². The second kappa shape index (κ2) is 6.32. The molecule has 1 aliphatic carbocycles. The van der Waals surface area contributed by atoms with E-state index in [0.717, 1.165) is 42.1 Å². The van der Waals surface area contributed by atoms with Crippen LogP contribution in [0.1, 0.15) is 24.4 Å². The van der Waals surface area contributed by atoms with E-state index in [1.54, 1.807) is 6.33 Å². The molecule has 4 heterocycles. The monoisotopic (exact) mass is 389 g/mol. The highest BCUT2D eigenvalue weighted by molar-refractivity contribution is 5.83. The zero-order valence-corrected chi connectivity index (χ0v) is 15.0. The highest BCUT2D eigenvalue weighted by atomic mass is 19.4. The fraction of sp³-hybridized carbons (Fsp3) is 0.444. The molecule has 1 aliphatic heterocycles. The minimum Gasteiger partial charge on any atom is -0.353 e. The highest BCUT2D eigenvalue weighted by Gasteiger charge is 2.31. The zero-order chi connectivity index (χ0) is 19.3. The predicted octanol–water partition coefficient (Wildman–Crippen LogP) is 2.90. The van der Waals surface area contributed by atoms with Crippen molar-refractivity contribution in [1.82, 2.24) is 24.5 Å². The summed E-state index contributed by atoms with van der Waals surface area (Å²) in [5.74, 6) is 1.36. The van der Waals surface area contributed by atoms with Crippen molar-refractivity contribution in [2.75, 3.05) is 36.0 Å². The predicted molar refractivity (Wildman–Crippen MR) is 97.3 cm³/mol. The number of anilines is 2. The molecular formula is C18H18F3N7. The average Bonchev–Trinajstić information content (AvgIpc) is 3.46. The summed E-state index contributed by atoms with van der Waals surface area (Å²) in [6.45, 7) is 2.66. The Bertz CT molecular complexity index is 987. The van der Waals surface area contributed by atoms with Gasteiger partial charge < -0.3 is 14.4 Å². The molecular weight excluding hydrogens is 371 g/mol. The molecule has 0 N–H and O–H groups in total. The molecule has 0 aromatic carbocycles. The summed E-state index contributed by atoms with van der Waals surface area (Å²) in [6.07, 6.45) is 2.24. The van der Waals surface area contributed by atoms with Crippen LogP contribution in [0.25, 0.3) is 11.2 Å². The summed E-state index contributed by atoms with van der Waals surface area (Å²) in [5, 5.41) is 0. The number of nitrogens with zero attached hydrogens (tertiary/aromatic N) is 7. The average molecular weight is 389 g/mol. The minimum absolute atomic E-state index is 0.496. The molecule has 2 fully saturated rings. The van der Waals surface area contributed by atoms with Crippen molar-refractivity contribution >= 4 is 22.8 Å². The molecule has 7 nitrogen and oxygen atoms in total. The normalized spacial score (nSPS) is 18.1. The van der Waals surface area contributed by atoms with E-state index in [2.05, 4.69) is 29.4 Å². The smallest absolute Gasteiger partial charge is 0.353 e. The van der Waals surface area contributed by atoms with Crippen molar-refractivity contribution in [1.29, 1.82) is 0 Å². The molecule has 0 atom stereocenters. The largest absolute Gasteiger partial charge is 0.417 e. The maximum absolute atomic E-state index is 12.7. The van der Waals surface area contributed by atoms with Gasteiger partial charge in [-0.1, -0.05) is 0 Å². The van der Waals surface area contributed by atoms with Crippen LogP contribution in [-0.2, 0) is 6.18 Å². The summed E-state index contributed by atoms with van der Waals surface area (Å²) < 4.78 is 40.2. The van der Waals surface area contributed by atoms with Gasteiger partial charge >= 0.3 is 6.18 Å². The third-order valence-electron chi connectivity index (χ3n) is 5.26. The van der Waals surface area contributed by atoms with Gasteiger partial charge in [0.25, 0.3) is 0 Å². The Kier molecular flexibility index (Phi) is 3.88. The van der Waals surface area contributed by atoms with E-state index in [0.29, 0.717) is 38.0 Å². The van der Waals surface area contributed by atoms with Crippen LogP contribution in [-0.4, -0.2) is 50.7 Å². The van der Waals surface area contributed by atoms with Gasteiger partial charge in [0.05, 0.1) is 11.9 Å². The molecule has 0 bridgehead atoms. The van der Waals surface area contributed by atoms with E-state index < -0.39 is 11.7 Å². The molecule has 10 heteroatoms. The minimum atomic E-state index is -4.37. The molecule has 3 aromatic heterocycles. The first-order chi connectivity index (χ1) is 13.5. The van der Waals surface area contributed by atoms with Crippen molar-refractivity contribution in [2.24, 2.45) is 0 Å². The Morgan fingerprint density at radius 3 is 2.29 bits per heavy atom. The van der Waals surface area contributed by atoms with E-state index in [-0.39, 0.29) is 0 Å². The van der Waals surface area contributed by atoms with Crippen LogP contribution in [0.5, 0.6) is 0 Å². The van der Waals surface area contributed by atoms with Crippen LogP contribution in [0.15, 0.2) is 31.0 Å². The molecule has 5 rings (SSSR count). The summed E-state index contributed by atoms with van der Waals surface area (Å²) in [6, 6.07) is 3.00. The number of alkyl halides is 3. The number of rotatable bonds is 3. The molecule has 146 valence electrons. The highest BCUT2D eigenvalue weighted by Crippen LogP contribution is 2.37. The number of hydrogen-bond donors (Lipinski definition) is 0. The first-order valence-corrected chi connectivity index (χ1v) is 9.21. The van der Waals surface area contributed by atoms with E-state index in [1.807, 2.05) is 11.2 Å². The number of piperazine rings is 1. The molecule has 1 saturated carbocycles. The van der Waals surface area contributed by atoms with E-state index >= 15 is 0 Å². The van der Waals surface area contributed by atoms with Gasteiger partial charge in [0, 0.05) is 38.4 Å². The summed E-state index contributed by atoms with van der Waals surface area (Å²) in [4.78, 5) is 21.5. The number of halogens is 3. The van der Waals surface area contributed by atoms with Gasteiger partial charge in [0.15, 0.2) is 17.0 Å². The second-order valence-corrected chi connectivity index (χ2v) is 7.13. The fourth-order valence-corrected chi connectivity index (χ4v) is 3.58. The Morgan fingerprint density at radius 2 is 1.64 bits per heavy atom. The Balaban J connectivity index is 1.32. The van der Waals surface area contributed by atoms with Crippen molar-refractivity contribution < 1.29 is 13.2 Å². The van der Waals surface area contributed by atoms with Crippen LogP contribution in [0.3, 0.4) is 0 Å². The van der Waals surface area contributed by atoms with Crippen molar-refractivity contribution in [3.8, 4) is 0 Å². The molecule has 28 heavy (non-hydrogen) atoms. The van der Waals surface area contributed by atoms with Crippen molar-refractivity contribution in [3.63, 3.8) is 0 Å². The van der Waals surface area contributed by atoms with Gasteiger partial charge in [-0.25, -0.2) is 19.9 Å². The van der Waals surface area contributed by atoms with Crippen LogP contribution in [0.4, 0.5) is 24.8 Å². The summed E-state index contributed by atoms with van der Waals surface area (Å²) in [5.41, 5.74) is 0.930. The number of pyridine rings is 1. The quantitative estimate of drug-likeness (QED) is 0.687. The van der Waals surface area contributed by atoms with Crippen LogP contribution in [0.2, 0.25) is 0 Å². The van der Waals surface area contributed by atoms with Crippen molar-refractivity contribution in [3.05, 3.63) is 36.5 Å². The zero-order valence-electron chi connectivity index (χ0n) is 15.0. The molecule has 0 spiro atoms. The van der Waals surface area contributed by atoms with E-state index in [4.69, 9.17) is 0 Å². The summed E-state index contributed by atoms with van der Waals surface area (Å²) in [7, 11) is 0. The van der Waals surface area contributed by atoms with Gasteiger partial charge in [-0.3, -0.25) is 0 Å². The number of fused-ring (bicyclic) bond motifs is 1. The summed E-state index contributed by atoms with van der Waals surface area (Å²) >= 11 is 0. The molecule has 1 saturated heterocycles. The third-order valence-corrected chi connectivity index (χ3v) is 5.26. The van der Waals surface area contributed by atoms with Gasteiger partial charge in [-0.05, 0) is 25.0 Å². The number of aromatic nitrogens is 5. The van der Waals surface area contributed by atoms with Crippen LogP contribution < -0.4 is 9.80 Å². The first-order valence-electron chi connectivity index (χ1n) is 9.21. The molecule has 0 radical (unpaired) electrons. The lowest BCUT2D eigenvalue weighted by atomic mass is 10.2. The Hall–Kier alpha value is -2.91. The lowest BCUT2D eigenvalue weighted by molar-refractivity contribution is -0.137. The number of imidazole rings is 1. The van der Waals surface area contributed by atoms with Crippen LogP contribution >= 0.6 is 0 Å². The fourth-order valence-electron chi connectivity index (χ4n) is 3.58.